The molecule has 1 heterocycles. The standard InChI is InChI=1S/C21H26N4O3/c22-13-17-14-24(15-20(17)16-5-2-1-3-6-16)21(26)7-4-12-23-18-8-10-19(11-9-18)25(27)28/h1-3,5-6,8-11,17,20,23H,4,7,12-15,22H2/t17-,20+/m1/s1. The zero-order chi connectivity index (χ0) is 19.9. The van der Waals surface area contributed by atoms with Crippen molar-refractivity contribution in [1.29, 1.82) is 0 Å². The molecule has 28 heavy (non-hydrogen) atoms. The van der Waals surface area contributed by atoms with Gasteiger partial charge in [0.1, 0.15) is 0 Å². The van der Waals surface area contributed by atoms with Crippen LogP contribution in [-0.2, 0) is 4.79 Å². The molecule has 1 saturated heterocycles. The maximum Gasteiger partial charge on any atom is 0.269 e. The Labute approximate surface area is 164 Å². The number of nitrogens with zero attached hydrogens (tertiary/aromatic N) is 2. The Morgan fingerprint density at radius 1 is 1.14 bits per heavy atom. The molecule has 0 saturated carbocycles. The van der Waals surface area contributed by atoms with E-state index in [1.54, 1.807) is 12.1 Å². The van der Waals surface area contributed by atoms with E-state index in [9.17, 15) is 14.9 Å². The molecule has 0 unspecified atom stereocenters. The molecule has 3 rings (SSSR count). The van der Waals surface area contributed by atoms with Gasteiger partial charge in [0.05, 0.1) is 4.92 Å². The molecule has 1 amide bonds. The highest BCUT2D eigenvalue weighted by Gasteiger charge is 2.34. The molecule has 7 nitrogen and oxygen atoms in total. The molecule has 1 aliphatic heterocycles. The monoisotopic (exact) mass is 382 g/mol. The number of carbonyl (C=O) groups is 1. The predicted octanol–water partition coefficient (Wildman–Crippen LogP) is 2.99. The lowest BCUT2D eigenvalue weighted by Gasteiger charge is -2.17. The van der Waals surface area contributed by atoms with Crippen molar-refractivity contribution in [2.45, 2.75) is 18.8 Å². The minimum atomic E-state index is -0.421. The van der Waals surface area contributed by atoms with Gasteiger partial charge in [0.25, 0.3) is 5.69 Å². The van der Waals surface area contributed by atoms with Crippen LogP contribution in [0.15, 0.2) is 54.6 Å². The first-order valence-corrected chi connectivity index (χ1v) is 9.59. The molecule has 1 aliphatic rings. The van der Waals surface area contributed by atoms with Crippen molar-refractivity contribution in [2.75, 3.05) is 31.5 Å². The Bertz CT molecular complexity index is 795. The van der Waals surface area contributed by atoms with E-state index in [1.165, 1.54) is 17.7 Å². The minimum Gasteiger partial charge on any atom is -0.385 e. The first kappa shape index (κ1) is 19.8. The van der Waals surface area contributed by atoms with E-state index in [4.69, 9.17) is 5.73 Å². The SMILES string of the molecule is NC[C@@H]1CN(C(=O)CCCNc2ccc([N+](=O)[O-])cc2)C[C@H]1c1ccccc1. The number of likely N-dealkylation sites (tertiary alicyclic amines) is 1. The van der Waals surface area contributed by atoms with Crippen LogP contribution in [0.1, 0.15) is 24.3 Å². The van der Waals surface area contributed by atoms with E-state index in [0.717, 1.165) is 12.2 Å². The number of amides is 1. The number of hydrogen-bond donors (Lipinski definition) is 2. The van der Waals surface area contributed by atoms with Crippen LogP contribution in [0.25, 0.3) is 0 Å². The number of carbonyl (C=O) groups excluding carboxylic acids is 1. The van der Waals surface area contributed by atoms with Gasteiger partial charge in [0, 0.05) is 49.8 Å². The first-order chi connectivity index (χ1) is 13.6. The number of nitro groups is 1. The summed E-state index contributed by atoms with van der Waals surface area (Å²) in [5.74, 6) is 0.750. The Morgan fingerprint density at radius 3 is 2.50 bits per heavy atom. The van der Waals surface area contributed by atoms with Crippen molar-refractivity contribution in [1.82, 2.24) is 4.90 Å². The van der Waals surface area contributed by atoms with E-state index in [0.29, 0.717) is 44.3 Å². The molecule has 0 aromatic heterocycles. The second-order valence-electron chi connectivity index (χ2n) is 7.15. The van der Waals surface area contributed by atoms with E-state index < -0.39 is 4.92 Å². The lowest BCUT2D eigenvalue weighted by atomic mass is 9.89. The summed E-state index contributed by atoms with van der Waals surface area (Å²) in [6.07, 6.45) is 1.17. The molecular weight excluding hydrogens is 356 g/mol. The van der Waals surface area contributed by atoms with E-state index in [2.05, 4.69) is 17.4 Å². The Balaban J connectivity index is 1.45. The average molecular weight is 382 g/mol. The topological polar surface area (TPSA) is 102 Å². The van der Waals surface area contributed by atoms with Crippen molar-refractivity contribution < 1.29 is 9.72 Å². The molecule has 1 fully saturated rings. The third kappa shape index (κ3) is 4.86. The minimum absolute atomic E-state index is 0.0668. The zero-order valence-electron chi connectivity index (χ0n) is 15.8. The van der Waals surface area contributed by atoms with Gasteiger partial charge in [-0.25, -0.2) is 0 Å². The maximum absolute atomic E-state index is 12.6. The van der Waals surface area contributed by atoms with Gasteiger partial charge in [-0.3, -0.25) is 14.9 Å². The number of nitrogens with one attached hydrogen (secondary N) is 1. The summed E-state index contributed by atoms with van der Waals surface area (Å²) in [7, 11) is 0. The summed E-state index contributed by atoms with van der Waals surface area (Å²) in [5.41, 5.74) is 8.07. The maximum atomic E-state index is 12.6. The van der Waals surface area contributed by atoms with Crippen LogP contribution in [0.2, 0.25) is 0 Å². The molecule has 0 aliphatic carbocycles. The van der Waals surface area contributed by atoms with Gasteiger partial charge in [-0.2, -0.15) is 0 Å². The molecule has 0 radical (unpaired) electrons. The number of hydrogen-bond acceptors (Lipinski definition) is 5. The van der Waals surface area contributed by atoms with Crippen LogP contribution in [-0.4, -0.2) is 41.9 Å². The summed E-state index contributed by atoms with van der Waals surface area (Å²) < 4.78 is 0. The molecule has 148 valence electrons. The third-order valence-electron chi connectivity index (χ3n) is 5.30. The van der Waals surface area contributed by atoms with Crippen LogP contribution >= 0.6 is 0 Å². The average Bonchev–Trinajstić information content (AvgIpc) is 3.16. The smallest absolute Gasteiger partial charge is 0.269 e. The fourth-order valence-corrected chi connectivity index (χ4v) is 3.72. The van der Waals surface area contributed by atoms with Gasteiger partial charge < -0.3 is 16.0 Å². The van der Waals surface area contributed by atoms with Crippen LogP contribution in [0.5, 0.6) is 0 Å². The Hall–Kier alpha value is -2.93. The largest absolute Gasteiger partial charge is 0.385 e. The predicted molar refractivity (Wildman–Crippen MR) is 109 cm³/mol. The van der Waals surface area contributed by atoms with Gasteiger partial charge in [0.15, 0.2) is 0 Å². The zero-order valence-corrected chi connectivity index (χ0v) is 15.8. The lowest BCUT2D eigenvalue weighted by molar-refractivity contribution is -0.384. The summed E-state index contributed by atoms with van der Waals surface area (Å²) in [6.45, 7) is 2.65. The summed E-state index contributed by atoms with van der Waals surface area (Å²) in [4.78, 5) is 24.8. The number of rotatable bonds is 8. The molecule has 2 atom stereocenters. The molecule has 0 spiro atoms. The van der Waals surface area contributed by atoms with Crippen molar-refractivity contribution in [3.63, 3.8) is 0 Å². The highest BCUT2D eigenvalue weighted by molar-refractivity contribution is 5.76. The van der Waals surface area contributed by atoms with Crippen LogP contribution in [0.3, 0.4) is 0 Å². The van der Waals surface area contributed by atoms with Crippen molar-refractivity contribution >= 4 is 17.3 Å². The Kier molecular flexibility index (Phi) is 6.60. The van der Waals surface area contributed by atoms with Gasteiger partial charge in [0.2, 0.25) is 5.91 Å². The van der Waals surface area contributed by atoms with E-state index in [1.807, 2.05) is 23.1 Å². The van der Waals surface area contributed by atoms with E-state index >= 15 is 0 Å². The second-order valence-corrected chi connectivity index (χ2v) is 7.15. The van der Waals surface area contributed by atoms with Crippen LogP contribution in [0, 0.1) is 16.0 Å². The number of nitro benzene ring substituents is 1. The van der Waals surface area contributed by atoms with Gasteiger partial charge in [-0.15, -0.1) is 0 Å². The fraction of sp³-hybridized carbons (Fsp3) is 0.381. The molecule has 3 N–H and O–H groups in total. The molecule has 2 aromatic rings. The van der Waals surface area contributed by atoms with Gasteiger partial charge >= 0.3 is 0 Å². The van der Waals surface area contributed by atoms with Gasteiger partial charge in [-0.05, 0) is 36.6 Å². The molecule has 0 bridgehead atoms. The highest BCUT2D eigenvalue weighted by Crippen LogP contribution is 2.32. The number of non-ortho nitro benzene ring substituents is 1. The van der Waals surface area contributed by atoms with Gasteiger partial charge in [-0.1, -0.05) is 30.3 Å². The number of anilines is 1. The number of benzene rings is 2. The van der Waals surface area contributed by atoms with Crippen LogP contribution < -0.4 is 11.1 Å². The highest BCUT2D eigenvalue weighted by atomic mass is 16.6. The second kappa shape index (κ2) is 9.32. The Morgan fingerprint density at radius 2 is 1.86 bits per heavy atom. The van der Waals surface area contributed by atoms with E-state index in [-0.39, 0.29) is 11.6 Å². The normalized spacial score (nSPS) is 18.8. The summed E-state index contributed by atoms with van der Waals surface area (Å²) in [6, 6.07) is 16.5. The molecular formula is C21H26N4O3. The molecule has 7 heteroatoms. The lowest BCUT2D eigenvalue weighted by Crippen LogP contribution is -2.30. The first-order valence-electron chi connectivity index (χ1n) is 9.59. The third-order valence-corrected chi connectivity index (χ3v) is 5.30. The fourth-order valence-electron chi connectivity index (χ4n) is 3.72. The quantitative estimate of drug-likeness (QED) is 0.415. The summed E-state index contributed by atoms with van der Waals surface area (Å²) in [5, 5.41) is 13.9. The van der Waals surface area contributed by atoms with Crippen LogP contribution in [0.4, 0.5) is 11.4 Å². The molecule has 2 aromatic carbocycles. The van der Waals surface area contributed by atoms with Crippen molar-refractivity contribution in [3.8, 4) is 0 Å². The van der Waals surface area contributed by atoms with Crippen molar-refractivity contribution in [2.24, 2.45) is 11.7 Å². The van der Waals surface area contributed by atoms with Crippen molar-refractivity contribution in [3.05, 3.63) is 70.3 Å². The number of nitrogens with two attached hydrogens (primary N) is 1. The summed E-state index contributed by atoms with van der Waals surface area (Å²) >= 11 is 0.